The minimum absolute atomic E-state index is 0.121. The minimum atomic E-state index is -0.121. The first-order chi connectivity index (χ1) is 26.0. The molecule has 9 rings (SSSR count). The third kappa shape index (κ3) is 5.30. The zero-order valence-electron chi connectivity index (χ0n) is 30.5. The van der Waals surface area contributed by atoms with Crippen molar-refractivity contribution in [2.75, 3.05) is 0 Å². The van der Waals surface area contributed by atoms with Crippen molar-refractivity contribution < 1.29 is 4.42 Å². The molecule has 0 atom stereocenters. The van der Waals surface area contributed by atoms with Crippen LogP contribution in [0, 0.1) is 0 Å². The summed E-state index contributed by atoms with van der Waals surface area (Å²) >= 11 is 0. The normalized spacial score (nSPS) is 12.0. The monoisotopic (exact) mass is 678 g/mol. The molecule has 0 aliphatic carbocycles. The number of fused-ring (bicyclic) bond motifs is 5. The molecule has 0 unspecified atom stereocenters. The van der Waals surface area contributed by atoms with E-state index in [1.807, 2.05) is 24.3 Å². The Hall–Kier alpha value is -5.60. The van der Waals surface area contributed by atoms with Crippen molar-refractivity contribution in [1.82, 2.24) is 0 Å². The molecule has 0 fully saturated rings. The Kier molecular flexibility index (Phi) is 8.09. The Morgan fingerprint density at radius 1 is 0.389 bits per heavy atom. The summed E-state index contributed by atoms with van der Waals surface area (Å²) in [5, 5.41) is 6.30. The summed E-state index contributed by atoms with van der Waals surface area (Å²) in [4.78, 5) is 0. The maximum atomic E-state index is 6.79. The van der Waals surface area contributed by atoms with Crippen LogP contribution < -0.4 is 27.3 Å². The molecule has 9 aromatic rings. The Labute approximate surface area is 322 Å². The first-order valence-electron chi connectivity index (χ1n) is 18.1. The molecular weight excluding hydrogens is 647 g/mol. The number of rotatable bonds is 4. The molecule has 1 aromatic heterocycles. The Balaban J connectivity index is 1.34. The smallest absolute Gasteiger partial charge is 0.136 e. The molecule has 10 radical (unpaired) electrons. The molecule has 0 bridgehead atoms. The van der Waals surface area contributed by atoms with Gasteiger partial charge < -0.3 is 4.42 Å². The fourth-order valence-electron chi connectivity index (χ4n) is 8.12. The molecule has 0 saturated carbocycles. The molecule has 54 heavy (non-hydrogen) atoms. The fourth-order valence-corrected chi connectivity index (χ4v) is 8.12. The van der Waals surface area contributed by atoms with Crippen molar-refractivity contribution in [3.8, 4) is 44.5 Å². The molecule has 0 spiro atoms. The molecule has 0 N–H and O–H groups in total. The van der Waals surface area contributed by atoms with E-state index in [9.17, 15) is 0 Å². The maximum Gasteiger partial charge on any atom is 0.136 e. The predicted molar refractivity (Wildman–Crippen MR) is 236 cm³/mol. The number of furan rings is 1. The topological polar surface area (TPSA) is 13.1 Å². The van der Waals surface area contributed by atoms with E-state index < -0.39 is 0 Å². The third-order valence-corrected chi connectivity index (χ3v) is 10.9. The number of hydrogen-bond acceptors (Lipinski definition) is 1. The Bertz CT molecular complexity index is 2930. The quantitative estimate of drug-likeness (QED) is 0.137. The molecule has 0 aliphatic rings. The second-order valence-corrected chi connectivity index (χ2v) is 15.2. The van der Waals surface area contributed by atoms with E-state index in [-0.39, 0.29) is 21.8 Å². The molecule has 8 aromatic carbocycles. The first kappa shape index (κ1) is 34.2. The summed E-state index contributed by atoms with van der Waals surface area (Å²) in [6.45, 7) is 6.64. The summed E-state index contributed by atoms with van der Waals surface area (Å²) in [6.07, 6.45) is 0. The lowest BCUT2D eigenvalue weighted by atomic mass is 9.59. The zero-order valence-corrected chi connectivity index (χ0v) is 30.5. The first-order valence-corrected chi connectivity index (χ1v) is 18.1. The van der Waals surface area contributed by atoms with E-state index in [2.05, 4.69) is 130 Å². The lowest BCUT2D eigenvalue weighted by Gasteiger charge is -2.26. The van der Waals surface area contributed by atoms with Gasteiger partial charge in [0, 0.05) is 16.3 Å². The van der Waals surface area contributed by atoms with E-state index in [1.54, 1.807) is 0 Å². The molecule has 0 amide bonds. The van der Waals surface area contributed by atoms with Gasteiger partial charge in [-0.15, -0.1) is 16.4 Å². The van der Waals surface area contributed by atoms with Crippen LogP contribution >= 0.6 is 0 Å². The minimum Gasteiger partial charge on any atom is -0.456 e. The average molecular weight is 678 g/mol. The summed E-state index contributed by atoms with van der Waals surface area (Å²) < 4.78 is 6.37. The van der Waals surface area contributed by atoms with E-state index in [0.29, 0.717) is 16.5 Å². The van der Waals surface area contributed by atoms with Crippen LogP contribution in [0.5, 0.6) is 0 Å². The van der Waals surface area contributed by atoms with Crippen LogP contribution in [0.2, 0.25) is 0 Å². The van der Waals surface area contributed by atoms with Gasteiger partial charge in [0.25, 0.3) is 0 Å². The van der Waals surface area contributed by atoms with Gasteiger partial charge in [-0.3, -0.25) is 0 Å². The lowest BCUT2D eigenvalue weighted by molar-refractivity contribution is 0.591. The largest absolute Gasteiger partial charge is 0.456 e. The summed E-state index contributed by atoms with van der Waals surface area (Å²) in [6, 6.07) is 47.0. The van der Waals surface area contributed by atoms with Gasteiger partial charge in [-0.2, -0.15) is 0 Å². The van der Waals surface area contributed by atoms with Crippen LogP contribution in [-0.4, -0.2) is 39.2 Å². The highest BCUT2D eigenvalue weighted by Crippen LogP contribution is 2.46. The van der Waals surface area contributed by atoms with Crippen LogP contribution in [0.25, 0.3) is 88.0 Å². The highest BCUT2D eigenvalue weighted by atomic mass is 16.3. The van der Waals surface area contributed by atoms with E-state index in [1.165, 1.54) is 5.56 Å². The van der Waals surface area contributed by atoms with Crippen LogP contribution in [0.4, 0.5) is 0 Å². The van der Waals surface area contributed by atoms with Crippen molar-refractivity contribution >= 4 is 110 Å². The highest BCUT2D eigenvalue weighted by molar-refractivity contribution is 6.69. The molecular formula is C48H31B5O. The zero-order chi connectivity index (χ0) is 37.5. The van der Waals surface area contributed by atoms with Crippen LogP contribution in [-0.2, 0) is 5.41 Å². The molecule has 0 aliphatic heterocycles. The summed E-state index contributed by atoms with van der Waals surface area (Å²) in [5.41, 5.74) is 12.3. The van der Waals surface area contributed by atoms with Gasteiger partial charge in [-0.25, -0.2) is 0 Å². The molecule has 6 heteroatoms. The van der Waals surface area contributed by atoms with Gasteiger partial charge in [0.1, 0.15) is 50.4 Å². The SMILES string of the molecule is [B]c1c([B])c([B])c(-c2c3ccccc3c(-c3ccc(-c4c(-c5ccccc5)ccc5oc6ccccc6c45)cc3)c3ccc(C(C)(C)C)cc23)c([B])c1[B]. The van der Waals surface area contributed by atoms with Crippen LogP contribution in [0.1, 0.15) is 26.3 Å². The Morgan fingerprint density at radius 2 is 0.926 bits per heavy atom. The standard InChI is InChI=1S/C48H31B5O/c1-48(2,3)29-21-22-33-35(25-29)40(42-43(49)45(51)47(53)46(52)44(42)50)32-14-8-7-13-31(32)38(33)27-17-19-28(20-18-27)39-30(26-11-5-4-6-12-26)23-24-37-41(39)34-15-9-10-16-36(34)54-37/h4-25H,1-3H3. The van der Waals surface area contributed by atoms with Crippen molar-refractivity contribution in [1.29, 1.82) is 0 Å². The maximum absolute atomic E-state index is 6.79. The van der Waals surface area contributed by atoms with E-state index in [0.717, 1.165) is 82.4 Å². The Morgan fingerprint density at radius 3 is 1.57 bits per heavy atom. The van der Waals surface area contributed by atoms with Gasteiger partial charge in [0.05, 0.1) is 0 Å². The summed E-state index contributed by atoms with van der Waals surface area (Å²) in [5.74, 6) is 0. The molecule has 244 valence electrons. The van der Waals surface area contributed by atoms with E-state index in [4.69, 9.17) is 43.6 Å². The van der Waals surface area contributed by atoms with Gasteiger partial charge >= 0.3 is 0 Å². The van der Waals surface area contributed by atoms with Gasteiger partial charge in [0.2, 0.25) is 0 Å². The predicted octanol–water partition coefficient (Wildman–Crippen LogP) is 7.83. The van der Waals surface area contributed by atoms with Crippen molar-refractivity contribution in [2.45, 2.75) is 26.2 Å². The average Bonchev–Trinajstić information content (AvgIpc) is 3.57. The molecule has 0 saturated heterocycles. The van der Waals surface area contributed by atoms with Gasteiger partial charge in [-0.05, 0) is 89.7 Å². The van der Waals surface area contributed by atoms with Gasteiger partial charge in [0.15, 0.2) is 0 Å². The highest BCUT2D eigenvalue weighted by Gasteiger charge is 2.24. The van der Waals surface area contributed by atoms with Crippen LogP contribution in [0.3, 0.4) is 0 Å². The van der Waals surface area contributed by atoms with Crippen molar-refractivity contribution in [2.24, 2.45) is 0 Å². The van der Waals surface area contributed by atoms with Gasteiger partial charge in [-0.1, -0.05) is 147 Å². The van der Waals surface area contributed by atoms with Crippen molar-refractivity contribution in [3.05, 3.63) is 139 Å². The fraction of sp³-hybridized carbons (Fsp3) is 0.0833. The molecule has 1 heterocycles. The van der Waals surface area contributed by atoms with E-state index >= 15 is 0 Å². The lowest BCUT2D eigenvalue weighted by Crippen LogP contribution is -2.55. The van der Waals surface area contributed by atoms with Crippen LogP contribution in [0.15, 0.2) is 138 Å². The second kappa shape index (κ2) is 12.8. The van der Waals surface area contributed by atoms with Crippen molar-refractivity contribution in [3.63, 3.8) is 0 Å². The summed E-state index contributed by atoms with van der Waals surface area (Å²) in [7, 11) is 32.8. The third-order valence-electron chi connectivity index (χ3n) is 10.9. The molecule has 1 nitrogen and oxygen atoms in total. The number of hydrogen-bond donors (Lipinski definition) is 0. The number of benzene rings is 8. The second-order valence-electron chi connectivity index (χ2n) is 15.2. The number of para-hydroxylation sites is 1.